The Kier molecular flexibility index (Phi) is 7.45. The standard InChI is InChI=1S/C30H38ClN9O3/c1-17-12-22-21(14-32-36-22)25(23(17)31)42-27-24-20(13-18(2)33-27)26(35-28(34-24)40-15-19(16-40)37(6)7)38-8-10-39(11-9-38)29(41)43-30(3,4)5/h12-14,19H,8-11,15-16H2,1-7H3,(H,32,36). The van der Waals surface area contributed by atoms with E-state index in [9.17, 15) is 4.79 Å². The number of amides is 1. The van der Waals surface area contributed by atoms with E-state index in [1.54, 1.807) is 11.1 Å². The molecule has 1 amide bonds. The zero-order valence-electron chi connectivity index (χ0n) is 25.7. The van der Waals surface area contributed by atoms with E-state index >= 15 is 0 Å². The third kappa shape index (κ3) is 5.73. The summed E-state index contributed by atoms with van der Waals surface area (Å²) in [6.07, 6.45) is 1.40. The van der Waals surface area contributed by atoms with Gasteiger partial charge in [0.05, 0.1) is 27.5 Å². The smallest absolute Gasteiger partial charge is 0.410 e. The summed E-state index contributed by atoms with van der Waals surface area (Å²) >= 11 is 6.77. The Hall–Kier alpha value is -3.90. The van der Waals surface area contributed by atoms with Crippen molar-refractivity contribution in [2.45, 2.75) is 46.3 Å². The first-order valence-electron chi connectivity index (χ1n) is 14.5. The van der Waals surface area contributed by atoms with E-state index < -0.39 is 5.60 Å². The number of anilines is 2. The molecule has 2 aliphatic heterocycles. The first-order valence-corrected chi connectivity index (χ1v) is 14.9. The van der Waals surface area contributed by atoms with Crippen LogP contribution in [0.4, 0.5) is 16.6 Å². The molecule has 4 aromatic rings. The maximum atomic E-state index is 12.7. The number of hydrogen-bond donors (Lipinski definition) is 1. The molecule has 13 heteroatoms. The van der Waals surface area contributed by atoms with Crippen molar-refractivity contribution in [2.24, 2.45) is 0 Å². The van der Waals surface area contributed by atoms with Crippen LogP contribution in [0.5, 0.6) is 11.6 Å². The maximum Gasteiger partial charge on any atom is 0.410 e. The number of nitrogens with zero attached hydrogens (tertiary/aromatic N) is 8. The number of carbonyl (C=O) groups excluding carboxylic acids is 1. The Morgan fingerprint density at radius 3 is 2.42 bits per heavy atom. The van der Waals surface area contributed by atoms with Crippen molar-refractivity contribution in [2.75, 3.05) is 63.2 Å². The largest absolute Gasteiger partial charge is 0.444 e. The SMILES string of the molecule is Cc1cc2c(N3CCN(C(=O)OC(C)(C)C)CC3)nc(N3CC(N(C)C)C3)nc2c(Oc2c(Cl)c(C)cc3[nH]ncc23)n1. The van der Waals surface area contributed by atoms with Crippen LogP contribution in [-0.2, 0) is 4.74 Å². The van der Waals surface area contributed by atoms with Gasteiger partial charge in [-0.1, -0.05) is 11.6 Å². The average molecular weight is 608 g/mol. The lowest BCUT2D eigenvalue weighted by Gasteiger charge is -2.43. The first-order chi connectivity index (χ1) is 20.4. The second kappa shape index (κ2) is 11.0. The molecule has 5 heterocycles. The van der Waals surface area contributed by atoms with Crippen molar-refractivity contribution in [3.05, 3.63) is 34.6 Å². The Morgan fingerprint density at radius 1 is 1.02 bits per heavy atom. The third-order valence-electron chi connectivity index (χ3n) is 7.87. The fourth-order valence-electron chi connectivity index (χ4n) is 5.38. The van der Waals surface area contributed by atoms with Crippen LogP contribution in [0, 0.1) is 13.8 Å². The Morgan fingerprint density at radius 2 is 1.74 bits per heavy atom. The van der Waals surface area contributed by atoms with Crippen molar-refractivity contribution in [1.29, 1.82) is 0 Å². The zero-order valence-corrected chi connectivity index (χ0v) is 26.5. The molecule has 0 radical (unpaired) electrons. The van der Waals surface area contributed by atoms with Crippen molar-refractivity contribution >= 4 is 51.3 Å². The molecular formula is C30H38ClN9O3. The van der Waals surface area contributed by atoms with Crippen molar-refractivity contribution in [3.8, 4) is 11.6 Å². The number of aromatic nitrogens is 5. The number of H-pyrrole nitrogens is 1. The minimum atomic E-state index is -0.545. The molecule has 2 aliphatic rings. The molecule has 0 atom stereocenters. The minimum absolute atomic E-state index is 0.299. The Bertz CT molecular complexity index is 1690. The summed E-state index contributed by atoms with van der Waals surface area (Å²) in [6.45, 7) is 13.4. The molecule has 12 nitrogen and oxygen atoms in total. The third-order valence-corrected chi connectivity index (χ3v) is 8.34. The van der Waals surface area contributed by atoms with Gasteiger partial charge in [-0.3, -0.25) is 5.10 Å². The Balaban J connectivity index is 1.40. The van der Waals surface area contributed by atoms with Crippen LogP contribution in [-0.4, -0.2) is 106 Å². The monoisotopic (exact) mass is 607 g/mol. The molecular weight excluding hydrogens is 570 g/mol. The van der Waals surface area contributed by atoms with Crippen LogP contribution < -0.4 is 14.5 Å². The number of piperazine rings is 1. The van der Waals surface area contributed by atoms with Crippen molar-refractivity contribution < 1.29 is 14.3 Å². The number of aryl methyl sites for hydroxylation is 2. The van der Waals surface area contributed by atoms with Gasteiger partial charge < -0.3 is 29.1 Å². The number of likely N-dealkylation sites (N-methyl/N-ethyl adjacent to an activating group) is 1. The number of fused-ring (bicyclic) bond motifs is 2. The van der Waals surface area contributed by atoms with Gasteiger partial charge in [0, 0.05) is 51.0 Å². The lowest BCUT2D eigenvalue weighted by Crippen LogP contribution is -2.58. The van der Waals surface area contributed by atoms with Crippen LogP contribution in [0.3, 0.4) is 0 Å². The highest BCUT2D eigenvalue weighted by Gasteiger charge is 2.33. The topological polar surface area (TPSA) is 116 Å². The molecule has 0 bridgehead atoms. The van der Waals surface area contributed by atoms with E-state index in [2.05, 4.69) is 39.0 Å². The molecule has 0 unspecified atom stereocenters. The molecule has 1 aromatic carbocycles. The van der Waals surface area contributed by atoms with E-state index in [0.29, 0.717) is 60.3 Å². The summed E-state index contributed by atoms with van der Waals surface area (Å²) in [5.41, 5.74) is 2.50. The number of nitrogens with one attached hydrogen (secondary N) is 1. The lowest BCUT2D eigenvalue weighted by molar-refractivity contribution is 0.0240. The second-order valence-electron chi connectivity index (χ2n) is 12.6. The summed E-state index contributed by atoms with van der Waals surface area (Å²) in [7, 11) is 4.17. The van der Waals surface area contributed by atoms with Crippen LogP contribution in [0.25, 0.3) is 21.8 Å². The Labute approximate surface area is 255 Å². The number of hydrogen-bond acceptors (Lipinski definition) is 10. The molecule has 2 saturated heterocycles. The highest BCUT2D eigenvalue weighted by Crippen LogP contribution is 2.41. The first kappa shape index (κ1) is 29.2. The van der Waals surface area contributed by atoms with E-state index in [1.807, 2.05) is 46.8 Å². The average Bonchev–Trinajstić information content (AvgIpc) is 3.37. The summed E-state index contributed by atoms with van der Waals surface area (Å²) in [5, 5.41) is 9.28. The highest BCUT2D eigenvalue weighted by atomic mass is 35.5. The van der Waals surface area contributed by atoms with Gasteiger partial charge in [0.15, 0.2) is 5.75 Å². The number of rotatable bonds is 5. The lowest BCUT2D eigenvalue weighted by atomic mass is 10.1. The summed E-state index contributed by atoms with van der Waals surface area (Å²) < 4.78 is 12.1. The molecule has 228 valence electrons. The molecule has 3 aromatic heterocycles. The van der Waals surface area contributed by atoms with Gasteiger partial charge in [-0.05, 0) is 66.4 Å². The minimum Gasteiger partial charge on any atom is -0.444 e. The van der Waals surface area contributed by atoms with Gasteiger partial charge in [-0.25, -0.2) is 14.8 Å². The number of aromatic amines is 1. The van der Waals surface area contributed by atoms with Crippen LogP contribution in [0.2, 0.25) is 5.02 Å². The fraction of sp³-hybridized carbons (Fsp3) is 0.500. The number of ether oxygens (including phenoxy) is 2. The second-order valence-corrected chi connectivity index (χ2v) is 12.9. The van der Waals surface area contributed by atoms with E-state index in [-0.39, 0.29) is 6.09 Å². The summed E-state index contributed by atoms with van der Waals surface area (Å²) in [6, 6.07) is 4.36. The maximum absolute atomic E-state index is 12.7. The van der Waals surface area contributed by atoms with Crippen molar-refractivity contribution in [3.63, 3.8) is 0 Å². The number of carbonyl (C=O) groups is 1. The molecule has 0 aliphatic carbocycles. The molecule has 2 fully saturated rings. The van der Waals surface area contributed by atoms with Gasteiger partial charge >= 0.3 is 6.09 Å². The zero-order chi connectivity index (χ0) is 30.6. The van der Waals surface area contributed by atoms with Gasteiger partial charge in [0.2, 0.25) is 11.8 Å². The van der Waals surface area contributed by atoms with Crippen LogP contribution in [0.1, 0.15) is 32.0 Å². The fourth-order valence-corrected chi connectivity index (χ4v) is 5.58. The van der Waals surface area contributed by atoms with Crippen molar-refractivity contribution in [1.82, 2.24) is 34.9 Å². The van der Waals surface area contributed by atoms with E-state index in [1.165, 1.54) is 0 Å². The summed E-state index contributed by atoms with van der Waals surface area (Å²) in [4.78, 5) is 36.0. The predicted octanol–water partition coefficient (Wildman–Crippen LogP) is 4.77. The van der Waals surface area contributed by atoms with E-state index in [0.717, 1.165) is 46.5 Å². The molecule has 43 heavy (non-hydrogen) atoms. The molecule has 0 spiro atoms. The van der Waals surface area contributed by atoms with E-state index in [4.69, 9.17) is 36.0 Å². The molecule has 6 rings (SSSR count). The number of halogens is 1. The van der Waals surface area contributed by atoms with Gasteiger partial charge in [-0.15, -0.1) is 0 Å². The van der Waals surface area contributed by atoms with Gasteiger partial charge in [0.1, 0.15) is 16.9 Å². The predicted molar refractivity (Wildman–Crippen MR) is 168 cm³/mol. The number of pyridine rings is 1. The van der Waals surface area contributed by atoms with Gasteiger partial charge in [-0.2, -0.15) is 10.1 Å². The summed E-state index contributed by atoms with van der Waals surface area (Å²) in [5.74, 6) is 2.24. The quantitative estimate of drug-likeness (QED) is 0.340. The van der Waals surface area contributed by atoms with Gasteiger partial charge in [0.25, 0.3) is 0 Å². The normalized spacial score (nSPS) is 16.3. The number of benzene rings is 1. The van der Waals surface area contributed by atoms with Crippen LogP contribution >= 0.6 is 11.6 Å². The molecule has 0 saturated carbocycles. The molecule has 1 N–H and O–H groups in total. The highest BCUT2D eigenvalue weighted by molar-refractivity contribution is 6.34. The van der Waals surface area contributed by atoms with Crippen LogP contribution in [0.15, 0.2) is 18.3 Å².